The quantitative estimate of drug-likeness (QED) is 0.537. The van der Waals surface area contributed by atoms with Gasteiger partial charge in [-0.15, -0.1) is 0 Å². The molecule has 120 valence electrons. The maximum atomic E-state index is 9.87. The number of rotatable bonds is 12. The van der Waals surface area contributed by atoms with Crippen LogP contribution in [-0.2, 0) is 4.74 Å². The van der Waals surface area contributed by atoms with E-state index in [0.29, 0.717) is 13.2 Å². The standard InChI is InChI=1S/C17H28BrNO2/c1-2-3-4-5-6-9-12-21-14-15(20)13-19-17-11-8-7-10-16(17)18/h7-8,10-11,15,19-20H,2-6,9,12-14H2,1H3. The molecule has 0 amide bonds. The second-order valence-corrected chi connectivity index (χ2v) is 6.21. The molecule has 0 radical (unpaired) electrons. The molecule has 1 rings (SSSR count). The van der Waals surface area contributed by atoms with Gasteiger partial charge in [-0.25, -0.2) is 0 Å². The summed E-state index contributed by atoms with van der Waals surface area (Å²) in [7, 11) is 0. The highest BCUT2D eigenvalue weighted by Gasteiger charge is 2.05. The van der Waals surface area contributed by atoms with E-state index in [0.717, 1.165) is 23.2 Å². The molecule has 1 unspecified atom stereocenters. The molecule has 3 nitrogen and oxygen atoms in total. The molecule has 0 spiro atoms. The first-order valence-corrected chi connectivity index (χ1v) is 8.77. The zero-order valence-electron chi connectivity index (χ0n) is 13.0. The molecule has 0 saturated heterocycles. The average Bonchev–Trinajstić information content (AvgIpc) is 2.49. The highest BCUT2D eigenvalue weighted by atomic mass is 79.9. The average molecular weight is 358 g/mol. The predicted molar refractivity (Wildman–Crippen MR) is 92.8 cm³/mol. The van der Waals surface area contributed by atoms with Crippen LogP contribution in [0.5, 0.6) is 0 Å². The van der Waals surface area contributed by atoms with Crippen molar-refractivity contribution < 1.29 is 9.84 Å². The fourth-order valence-corrected chi connectivity index (χ4v) is 2.52. The molecule has 0 fully saturated rings. The lowest BCUT2D eigenvalue weighted by Gasteiger charge is -2.14. The van der Waals surface area contributed by atoms with Gasteiger partial charge in [0.2, 0.25) is 0 Å². The van der Waals surface area contributed by atoms with E-state index in [1.54, 1.807) is 0 Å². The molecule has 1 aromatic carbocycles. The molecule has 0 aromatic heterocycles. The molecule has 0 aliphatic carbocycles. The lowest BCUT2D eigenvalue weighted by Crippen LogP contribution is -2.25. The predicted octanol–water partition coefficient (Wildman–Crippen LogP) is 4.60. The Kier molecular flexibility index (Phi) is 10.6. The molecule has 1 aromatic rings. The third-order valence-corrected chi connectivity index (χ3v) is 4.05. The summed E-state index contributed by atoms with van der Waals surface area (Å²) >= 11 is 3.47. The molecule has 0 aliphatic rings. The van der Waals surface area contributed by atoms with Crippen LogP contribution in [0.2, 0.25) is 0 Å². The van der Waals surface area contributed by atoms with Gasteiger partial charge in [0, 0.05) is 23.3 Å². The Hall–Kier alpha value is -0.580. The second kappa shape index (κ2) is 12.0. The number of ether oxygens (including phenoxy) is 1. The van der Waals surface area contributed by atoms with Gasteiger partial charge in [-0.2, -0.15) is 0 Å². The van der Waals surface area contributed by atoms with Crippen molar-refractivity contribution >= 4 is 21.6 Å². The minimum absolute atomic E-state index is 0.395. The number of benzene rings is 1. The van der Waals surface area contributed by atoms with Gasteiger partial charge in [0.25, 0.3) is 0 Å². The Morgan fingerprint density at radius 1 is 1.14 bits per heavy atom. The number of hydrogen-bond acceptors (Lipinski definition) is 3. The number of aliphatic hydroxyl groups excluding tert-OH is 1. The topological polar surface area (TPSA) is 41.5 Å². The largest absolute Gasteiger partial charge is 0.389 e. The van der Waals surface area contributed by atoms with Crippen molar-refractivity contribution in [3.8, 4) is 0 Å². The van der Waals surface area contributed by atoms with E-state index >= 15 is 0 Å². The highest BCUT2D eigenvalue weighted by Crippen LogP contribution is 2.20. The smallest absolute Gasteiger partial charge is 0.0945 e. The number of aliphatic hydroxyl groups is 1. The monoisotopic (exact) mass is 357 g/mol. The van der Waals surface area contributed by atoms with Gasteiger partial charge in [0.15, 0.2) is 0 Å². The maximum absolute atomic E-state index is 9.87. The minimum Gasteiger partial charge on any atom is -0.389 e. The second-order valence-electron chi connectivity index (χ2n) is 5.36. The van der Waals surface area contributed by atoms with Crippen molar-refractivity contribution in [2.75, 3.05) is 25.1 Å². The summed E-state index contributed by atoms with van der Waals surface area (Å²) in [5.74, 6) is 0. The van der Waals surface area contributed by atoms with Crippen LogP contribution in [0.1, 0.15) is 45.4 Å². The van der Waals surface area contributed by atoms with E-state index < -0.39 is 6.10 Å². The highest BCUT2D eigenvalue weighted by molar-refractivity contribution is 9.10. The van der Waals surface area contributed by atoms with E-state index in [1.807, 2.05) is 24.3 Å². The van der Waals surface area contributed by atoms with Crippen LogP contribution < -0.4 is 5.32 Å². The third kappa shape index (κ3) is 9.12. The number of nitrogens with one attached hydrogen (secondary N) is 1. The Labute approximate surface area is 137 Å². The molecule has 0 heterocycles. The summed E-state index contributed by atoms with van der Waals surface area (Å²) in [6.45, 7) is 3.87. The van der Waals surface area contributed by atoms with Crippen molar-refractivity contribution in [2.24, 2.45) is 0 Å². The molecule has 2 N–H and O–H groups in total. The van der Waals surface area contributed by atoms with Gasteiger partial charge in [-0.1, -0.05) is 51.2 Å². The van der Waals surface area contributed by atoms with Crippen LogP contribution >= 0.6 is 15.9 Å². The molecule has 1 atom stereocenters. The summed E-state index contributed by atoms with van der Waals surface area (Å²) < 4.78 is 6.52. The lowest BCUT2D eigenvalue weighted by atomic mass is 10.1. The number of hydrogen-bond donors (Lipinski definition) is 2. The molecule has 0 bridgehead atoms. The van der Waals surface area contributed by atoms with Gasteiger partial charge < -0.3 is 15.2 Å². The molecular weight excluding hydrogens is 330 g/mol. The first-order valence-electron chi connectivity index (χ1n) is 7.98. The van der Waals surface area contributed by atoms with Crippen LogP contribution in [0.4, 0.5) is 5.69 Å². The summed E-state index contributed by atoms with van der Waals surface area (Å²) in [6, 6.07) is 7.89. The summed E-state index contributed by atoms with van der Waals surface area (Å²) in [5, 5.41) is 13.1. The molecule has 4 heteroatoms. The van der Waals surface area contributed by atoms with Gasteiger partial charge in [-0.3, -0.25) is 0 Å². The van der Waals surface area contributed by atoms with E-state index in [1.165, 1.54) is 32.1 Å². The van der Waals surface area contributed by atoms with Crippen molar-refractivity contribution in [2.45, 2.75) is 51.6 Å². The van der Waals surface area contributed by atoms with Gasteiger partial charge in [-0.05, 0) is 34.5 Å². The number of anilines is 1. The fraction of sp³-hybridized carbons (Fsp3) is 0.647. The first-order chi connectivity index (χ1) is 10.2. The Morgan fingerprint density at radius 2 is 1.86 bits per heavy atom. The molecular formula is C17H28BrNO2. The van der Waals surface area contributed by atoms with E-state index in [9.17, 15) is 5.11 Å². The van der Waals surface area contributed by atoms with Gasteiger partial charge in [0.05, 0.1) is 12.7 Å². The third-order valence-electron chi connectivity index (χ3n) is 3.35. The van der Waals surface area contributed by atoms with Crippen molar-refractivity contribution in [1.82, 2.24) is 0 Å². The van der Waals surface area contributed by atoms with Crippen LogP contribution in [0.15, 0.2) is 28.7 Å². The van der Waals surface area contributed by atoms with Crippen LogP contribution in [-0.4, -0.2) is 31.0 Å². The Morgan fingerprint density at radius 3 is 2.62 bits per heavy atom. The van der Waals surface area contributed by atoms with Gasteiger partial charge >= 0.3 is 0 Å². The summed E-state index contributed by atoms with van der Waals surface area (Å²) in [4.78, 5) is 0. The van der Waals surface area contributed by atoms with E-state index in [2.05, 4.69) is 28.2 Å². The van der Waals surface area contributed by atoms with Crippen molar-refractivity contribution in [3.05, 3.63) is 28.7 Å². The summed E-state index contributed by atoms with van der Waals surface area (Å²) in [6.07, 6.45) is 7.09. The molecule has 0 aliphatic heterocycles. The van der Waals surface area contributed by atoms with Crippen molar-refractivity contribution in [1.29, 1.82) is 0 Å². The van der Waals surface area contributed by atoms with Crippen LogP contribution in [0, 0.1) is 0 Å². The minimum atomic E-state index is -0.475. The van der Waals surface area contributed by atoms with Gasteiger partial charge in [0.1, 0.15) is 0 Å². The normalized spacial score (nSPS) is 12.3. The van der Waals surface area contributed by atoms with E-state index in [4.69, 9.17) is 4.74 Å². The Balaban J connectivity index is 1.99. The van der Waals surface area contributed by atoms with E-state index in [-0.39, 0.29) is 0 Å². The number of para-hydroxylation sites is 1. The lowest BCUT2D eigenvalue weighted by molar-refractivity contribution is 0.0416. The maximum Gasteiger partial charge on any atom is 0.0945 e. The zero-order valence-corrected chi connectivity index (χ0v) is 14.6. The zero-order chi connectivity index (χ0) is 15.3. The molecule has 21 heavy (non-hydrogen) atoms. The number of unbranched alkanes of at least 4 members (excludes halogenated alkanes) is 5. The first kappa shape index (κ1) is 18.5. The summed E-state index contributed by atoms with van der Waals surface area (Å²) in [5.41, 5.74) is 0.993. The van der Waals surface area contributed by atoms with Crippen LogP contribution in [0.3, 0.4) is 0 Å². The SMILES string of the molecule is CCCCCCCCOCC(O)CNc1ccccc1Br. The molecule has 0 saturated carbocycles. The number of halogens is 1. The Bertz CT molecular complexity index is 374. The van der Waals surface area contributed by atoms with Crippen molar-refractivity contribution in [3.63, 3.8) is 0 Å². The van der Waals surface area contributed by atoms with Crippen LogP contribution in [0.25, 0.3) is 0 Å². The fourth-order valence-electron chi connectivity index (χ4n) is 2.10.